The van der Waals surface area contributed by atoms with E-state index in [1.807, 2.05) is 24.3 Å². The first-order valence-corrected chi connectivity index (χ1v) is 13.6. The largest absolute Gasteiger partial charge is 0.465 e. The average Bonchev–Trinajstić information content (AvgIpc) is 3.45. The number of para-hydroxylation sites is 1. The van der Waals surface area contributed by atoms with Gasteiger partial charge < -0.3 is 14.8 Å². The maximum absolute atomic E-state index is 13.5. The van der Waals surface area contributed by atoms with E-state index in [0.717, 1.165) is 71.1 Å². The Morgan fingerprint density at radius 3 is 2.59 bits per heavy atom. The fourth-order valence-electron chi connectivity index (χ4n) is 5.54. The van der Waals surface area contributed by atoms with Crippen LogP contribution in [0.4, 0.5) is 5.00 Å². The molecule has 0 spiro atoms. The molecule has 3 aromatic rings. The first-order chi connectivity index (χ1) is 17.7. The number of thiophene rings is 1. The lowest BCUT2D eigenvalue weighted by Crippen LogP contribution is -2.29. The van der Waals surface area contributed by atoms with Crippen molar-refractivity contribution in [2.24, 2.45) is 11.3 Å². The van der Waals surface area contributed by atoms with Gasteiger partial charge in [-0.25, -0.2) is 9.59 Å². The van der Waals surface area contributed by atoms with E-state index in [4.69, 9.17) is 14.5 Å². The summed E-state index contributed by atoms with van der Waals surface area (Å²) in [5.41, 5.74) is 4.59. The highest BCUT2D eigenvalue weighted by Gasteiger charge is 2.33. The van der Waals surface area contributed by atoms with Crippen molar-refractivity contribution in [2.45, 2.75) is 59.3 Å². The van der Waals surface area contributed by atoms with E-state index >= 15 is 0 Å². The molecule has 1 N–H and O–H groups in total. The van der Waals surface area contributed by atoms with E-state index in [0.29, 0.717) is 22.0 Å². The van der Waals surface area contributed by atoms with Crippen LogP contribution in [0.1, 0.15) is 76.0 Å². The lowest BCUT2D eigenvalue weighted by molar-refractivity contribution is -0.119. The van der Waals surface area contributed by atoms with Gasteiger partial charge in [0.1, 0.15) is 5.00 Å². The third-order valence-electron chi connectivity index (χ3n) is 7.59. The lowest BCUT2D eigenvalue weighted by Gasteiger charge is -2.35. The highest BCUT2D eigenvalue weighted by atomic mass is 32.1. The minimum absolute atomic E-state index is 0.0999. The quantitative estimate of drug-likeness (QED) is 0.445. The van der Waals surface area contributed by atoms with Gasteiger partial charge in [0.05, 0.1) is 23.8 Å². The Kier molecular flexibility index (Phi) is 6.79. The van der Waals surface area contributed by atoms with Crippen LogP contribution in [0.25, 0.3) is 10.9 Å². The number of benzene rings is 1. The molecule has 2 aromatic heterocycles. The van der Waals surface area contributed by atoms with Crippen LogP contribution in [0.3, 0.4) is 0 Å². The van der Waals surface area contributed by atoms with Crippen LogP contribution >= 0.6 is 11.3 Å². The summed E-state index contributed by atoms with van der Waals surface area (Å²) < 4.78 is 10.5. The number of nitrogens with one attached hydrogen (secondary N) is 1. The number of rotatable bonds is 5. The molecule has 1 amide bonds. The first-order valence-electron chi connectivity index (χ1n) is 12.8. The van der Waals surface area contributed by atoms with Crippen LogP contribution in [0.5, 0.6) is 0 Å². The SMILES string of the molecule is COC(=O)c1c(NC(=O)COC(=O)c2c3c(nc4ccccc24)CC[C@@H](C(C)(C)C)C3)sc2c1CCC2. The van der Waals surface area contributed by atoms with Gasteiger partial charge in [0.25, 0.3) is 5.91 Å². The van der Waals surface area contributed by atoms with Crippen molar-refractivity contribution in [1.82, 2.24) is 4.98 Å². The van der Waals surface area contributed by atoms with Crippen LogP contribution in [0.2, 0.25) is 0 Å². The Labute approximate surface area is 220 Å². The zero-order chi connectivity index (χ0) is 26.3. The molecule has 0 unspecified atom stereocenters. The molecule has 0 saturated carbocycles. The van der Waals surface area contributed by atoms with Crippen molar-refractivity contribution >= 4 is 45.1 Å². The first kappa shape index (κ1) is 25.4. The Morgan fingerprint density at radius 2 is 1.84 bits per heavy atom. The van der Waals surface area contributed by atoms with Gasteiger partial charge in [-0.1, -0.05) is 39.0 Å². The molecule has 2 aliphatic carbocycles. The minimum Gasteiger partial charge on any atom is -0.465 e. The fourth-order valence-corrected chi connectivity index (χ4v) is 6.83. The molecule has 0 aliphatic heterocycles. The number of aryl methyl sites for hydroxylation is 2. The van der Waals surface area contributed by atoms with Gasteiger partial charge in [-0.15, -0.1) is 11.3 Å². The van der Waals surface area contributed by atoms with Gasteiger partial charge in [-0.3, -0.25) is 9.78 Å². The van der Waals surface area contributed by atoms with E-state index in [1.54, 1.807) is 0 Å². The molecule has 0 fully saturated rings. The van der Waals surface area contributed by atoms with E-state index in [-0.39, 0.29) is 5.41 Å². The number of carbonyl (C=O) groups excluding carboxylic acids is 3. The molecule has 8 heteroatoms. The summed E-state index contributed by atoms with van der Waals surface area (Å²) in [6.45, 7) is 6.23. The summed E-state index contributed by atoms with van der Waals surface area (Å²) in [7, 11) is 1.33. The van der Waals surface area contributed by atoms with Crippen LogP contribution < -0.4 is 5.32 Å². The van der Waals surface area contributed by atoms with E-state index in [2.05, 4.69) is 26.1 Å². The number of anilines is 1. The van der Waals surface area contributed by atoms with Crippen molar-refractivity contribution in [1.29, 1.82) is 0 Å². The van der Waals surface area contributed by atoms with Crippen molar-refractivity contribution in [3.05, 3.63) is 57.1 Å². The number of fused-ring (bicyclic) bond motifs is 3. The number of carbonyl (C=O) groups is 3. The number of ether oxygens (including phenoxy) is 2. The van der Waals surface area contributed by atoms with Gasteiger partial charge in [-0.2, -0.15) is 0 Å². The second-order valence-electron chi connectivity index (χ2n) is 10.9. The van der Waals surface area contributed by atoms with E-state index < -0.39 is 24.5 Å². The van der Waals surface area contributed by atoms with Crippen molar-refractivity contribution in [3.8, 4) is 0 Å². The van der Waals surface area contributed by atoms with E-state index in [1.165, 1.54) is 18.4 Å². The van der Waals surface area contributed by atoms with Gasteiger partial charge in [0.15, 0.2) is 6.61 Å². The summed E-state index contributed by atoms with van der Waals surface area (Å²) >= 11 is 1.39. The Balaban J connectivity index is 1.38. The van der Waals surface area contributed by atoms with Gasteiger partial charge in [0, 0.05) is 16.0 Å². The molecular formula is C29H32N2O5S. The number of amides is 1. The molecule has 7 nitrogen and oxygen atoms in total. The van der Waals surface area contributed by atoms with Gasteiger partial charge in [0.2, 0.25) is 0 Å². The molecule has 37 heavy (non-hydrogen) atoms. The highest BCUT2D eigenvalue weighted by Crippen LogP contribution is 2.41. The lowest BCUT2D eigenvalue weighted by atomic mass is 9.70. The van der Waals surface area contributed by atoms with Gasteiger partial charge >= 0.3 is 11.9 Å². The number of hydrogen-bond acceptors (Lipinski definition) is 7. The zero-order valence-corrected chi connectivity index (χ0v) is 22.5. The third-order valence-corrected chi connectivity index (χ3v) is 8.79. The zero-order valence-electron chi connectivity index (χ0n) is 21.7. The molecule has 1 aromatic carbocycles. The normalized spacial score (nSPS) is 16.7. The minimum atomic E-state index is -0.526. The van der Waals surface area contributed by atoms with Gasteiger partial charge in [-0.05, 0) is 67.1 Å². The summed E-state index contributed by atoms with van der Waals surface area (Å²) in [4.78, 5) is 44.6. The number of methoxy groups -OCH3 is 1. The molecule has 194 valence electrons. The molecule has 0 saturated heterocycles. The molecule has 1 atom stereocenters. The predicted octanol–water partition coefficient (Wildman–Crippen LogP) is 5.52. The maximum atomic E-state index is 13.5. The monoisotopic (exact) mass is 520 g/mol. The summed E-state index contributed by atoms with van der Waals surface area (Å²) in [5.74, 6) is -1.06. The smallest absolute Gasteiger partial charge is 0.341 e. The van der Waals surface area contributed by atoms with Crippen molar-refractivity contribution in [3.63, 3.8) is 0 Å². The third kappa shape index (κ3) is 4.87. The summed E-state index contributed by atoms with van der Waals surface area (Å²) in [5, 5.41) is 3.97. The number of pyridine rings is 1. The van der Waals surface area contributed by atoms with Crippen LogP contribution in [0.15, 0.2) is 24.3 Å². The number of hydrogen-bond donors (Lipinski definition) is 1. The summed E-state index contributed by atoms with van der Waals surface area (Å²) in [6, 6.07) is 7.58. The van der Waals surface area contributed by atoms with Crippen LogP contribution in [0, 0.1) is 11.3 Å². The molecule has 2 heterocycles. The Hall–Kier alpha value is -3.26. The second kappa shape index (κ2) is 9.89. The molecular weight excluding hydrogens is 488 g/mol. The summed E-state index contributed by atoms with van der Waals surface area (Å²) in [6.07, 6.45) is 5.23. The molecule has 0 bridgehead atoms. The fraction of sp³-hybridized carbons (Fsp3) is 0.448. The molecule has 5 rings (SSSR count). The van der Waals surface area contributed by atoms with Crippen LogP contribution in [-0.2, 0) is 40.0 Å². The second-order valence-corrected chi connectivity index (χ2v) is 12.0. The van der Waals surface area contributed by atoms with E-state index in [9.17, 15) is 14.4 Å². The maximum Gasteiger partial charge on any atom is 0.341 e. The van der Waals surface area contributed by atoms with Crippen molar-refractivity contribution in [2.75, 3.05) is 19.0 Å². The van der Waals surface area contributed by atoms with Crippen molar-refractivity contribution < 1.29 is 23.9 Å². The number of esters is 2. The predicted molar refractivity (Wildman–Crippen MR) is 143 cm³/mol. The molecule has 0 radical (unpaired) electrons. The Bertz CT molecular complexity index is 1400. The highest BCUT2D eigenvalue weighted by molar-refractivity contribution is 7.17. The topological polar surface area (TPSA) is 94.6 Å². The van der Waals surface area contributed by atoms with Crippen LogP contribution in [-0.4, -0.2) is 36.5 Å². The molecule has 2 aliphatic rings. The number of nitrogens with zero attached hydrogens (tertiary/aromatic N) is 1. The Morgan fingerprint density at radius 1 is 1.05 bits per heavy atom. The average molecular weight is 521 g/mol. The standard InChI is InChI=1S/C29H32N2O5S/c1-29(2,3)16-12-13-21-19(14-16)24(17-8-5-6-10-20(17)30-21)28(34)36-15-23(32)31-26-25(27(33)35-4)18-9-7-11-22(18)37-26/h5-6,8,10,16H,7,9,11-15H2,1-4H3,(H,31,32)/t16-/m1/s1. The number of aromatic nitrogens is 1.